The van der Waals surface area contributed by atoms with Gasteiger partial charge in [-0.1, -0.05) is 20.3 Å². The maximum atomic E-state index is 12.5. The molecule has 0 unspecified atom stereocenters. The predicted molar refractivity (Wildman–Crippen MR) is 86.1 cm³/mol. The minimum Gasteiger partial charge on any atom is -0.387 e. The zero-order valence-electron chi connectivity index (χ0n) is 13.3. The first-order valence-electron chi connectivity index (χ1n) is 7.60. The summed E-state index contributed by atoms with van der Waals surface area (Å²) in [6, 6.07) is -0.0691. The van der Waals surface area contributed by atoms with Crippen LogP contribution in [0.4, 0.5) is 0 Å². The van der Waals surface area contributed by atoms with Crippen LogP contribution in [0.5, 0.6) is 0 Å². The number of hydrogen-bond acceptors (Lipinski definition) is 4. The van der Waals surface area contributed by atoms with Crippen molar-refractivity contribution in [3.8, 4) is 0 Å². The lowest BCUT2D eigenvalue weighted by atomic mass is 9.98. The minimum absolute atomic E-state index is 0.0586. The van der Waals surface area contributed by atoms with Crippen LogP contribution in [0, 0.1) is 5.92 Å². The lowest BCUT2D eigenvalue weighted by Gasteiger charge is -2.36. The second kappa shape index (κ2) is 8.25. The molecule has 1 amide bonds. The summed E-state index contributed by atoms with van der Waals surface area (Å²) in [6.07, 6.45) is 5.59. The van der Waals surface area contributed by atoms with Crippen LogP contribution in [0.15, 0.2) is 0 Å². The fraction of sp³-hybridized carbons (Fsp3) is 0.933. The van der Waals surface area contributed by atoms with Gasteiger partial charge in [0.2, 0.25) is 5.91 Å². The van der Waals surface area contributed by atoms with E-state index in [0.717, 1.165) is 13.1 Å². The summed E-state index contributed by atoms with van der Waals surface area (Å²) in [4.78, 5) is 14.8. The smallest absolute Gasteiger partial charge is 0.237 e. The molecule has 0 radical (unpaired) electrons. The maximum absolute atomic E-state index is 12.5. The molecule has 2 N–H and O–H groups in total. The molecule has 0 aromatic heterocycles. The van der Waals surface area contributed by atoms with Gasteiger partial charge in [-0.05, 0) is 45.0 Å². The highest BCUT2D eigenvalue weighted by molar-refractivity contribution is 7.98. The molecule has 4 nitrogen and oxygen atoms in total. The first-order valence-corrected chi connectivity index (χ1v) is 9.00. The third-order valence-corrected chi connectivity index (χ3v) is 4.69. The van der Waals surface area contributed by atoms with Crippen LogP contribution in [-0.2, 0) is 4.79 Å². The highest BCUT2D eigenvalue weighted by Crippen LogP contribution is 2.18. The molecule has 2 atom stereocenters. The zero-order chi connectivity index (χ0) is 15.2. The second-order valence-corrected chi connectivity index (χ2v) is 7.30. The van der Waals surface area contributed by atoms with Crippen LogP contribution >= 0.6 is 11.8 Å². The van der Waals surface area contributed by atoms with Crippen LogP contribution in [0.2, 0.25) is 0 Å². The molecular formula is C15H30N2O2S. The van der Waals surface area contributed by atoms with Crippen molar-refractivity contribution in [2.45, 2.75) is 51.7 Å². The Morgan fingerprint density at radius 1 is 1.35 bits per heavy atom. The third-order valence-electron chi connectivity index (χ3n) is 3.78. The number of carbonyl (C=O) groups is 1. The molecule has 0 bridgehead atoms. The Morgan fingerprint density at radius 2 is 1.95 bits per heavy atom. The molecule has 0 aromatic carbocycles. The summed E-state index contributed by atoms with van der Waals surface area (Å²) >= 11 is 1.59. The van der Waals surface area contributed by atoms with Gasteiger partial charge in [0, 0.05) is 12.3 Å². The molecule has 1 fully saturated rings. The molecule has 5 heteroatoms. The third kappa shape index (κ3) is 5.62. The molecule has 0 spiro atoms. The fourth-order valence-electron chi connectivity index (χ4n) is 2.83. The van der Waals surface area contributed by atoms with E-state index in [0.29, 0.717) is 18.2 Å². The van der Waals surface area contributed by atoms with Crippen LogP contribution < -0.4 is 5.32 Å². The number of rotatable bonds is 7. The normalized spacial score (nSPS) is 21.5. The van der Waals surface area contributed by atoms with Crippen molar-refractivity contribution >= 4 is 17.7 Å². The van der Waals surface area contributed by atoms with Crippen molar-refractivity contribution in [2.75, 3.05) is 31.6 Å². The number of piperidine rings is 1. The number of nitrogens with zero attached hydrogens (tertiary/aromatic N) is 1. The summed E-state index contributed by atoms with van der Waals surface area (Å²) in [5, 5.41) is 13.1. The quantitative estimate of drug-likeness (QED) is 0.752. The van der Waals surface area contributed by atoms with E-state index in [1.807, 2.05) is 6.26 Å². The first kappa shape index (κ1) is 17.8. The Bertz CT molecular complexity index is 302. The van der Waals surface area contributed by atoms with Crippen LogP contribution in [0.25, 0.3) is 0 Å². The van der Waals surface area contributed by atoms with Crippen molar-refractivity contribution < 1.29 is 9.90 Å². The van der Waals surface area contributed by atoms with Gasteiger partial charge in [0.15, 0.2) is 0 Å². The summed E-state index contributed by atoms with van der Waals surface area (Å²) in [7, 11) is 0. The minimum atomic E-state index is -0.835. The molecule has 1 aliphatic rings. The highest BCUT2D eigenvalue weighted by atomic mass is 32.2. The van der Waals surface area contributed by atoms with Crippen molar-refractivity contribution in [2.24, 2.45) is 5.92 Å². The number of carbonyl (C=O) groups excluding carboxylic acids is 1. The molecule has 1 aliphatic heterocycles. The Balaban J connectivity index is 2.56. The largest absolute Gasteiger partial charge is 0.387 e. The Kier molecular flexibility index (Phi) is 7.34. The Morgan fingerprint density at radius 3 is 2.45 bits per heavy atom. The molecule has 118 valence electrons. The molecule has 1 saturated heterocycles. The van der Waals surface area contributed by atoms with E-state index in [4.69, 9.17) is 0 Å². The summed E-state index contributed by atoms with van der Waals surface area (Å²) in [5.74, 6) is 0.977. The lowest BCUT2D eigenvalue weighted by molar-refractivity contribution is -0.129. The van der Waals surface area contributed by atoms with Gasteiger partial charge in [0.25, 0.3) is 0 Å². The average Bonchev–Trinajstić information content (AvgIpc) is 2.37. The molecule has 0 saturated carbocycles. The number of likely N-dealkylation sites (tertiary alicyclic amines) is 1. The topological polar surface area (TPSA) is 52.6 Å². The fourth-order valence-corrected chi connectivity index (χ4v) is 3.55. The van der Waals surface area contributed by atoms with Gasteiger partial charge in [0.1, 0.15) is 0 Å². The van der Waals surface area contributed by atoms with Crippen molar-refractivity contribution in [1.82, 2.24) is 10.2 Å². The number of aliphatic hydroxyl groups is 1. The molecule has 20 heavy (non-hydrogen) atoms. The van der Waals surface area contributed by atoms with E-state index in [2.05, 4.69) is 24.1 Å². The van der Waals surface area contributed by atoms with E-state index >= 15 is 0 Å². The predicted octanol–water partition coefficient (Wildman–Crippen LogP) is 1.73. The van der Waals surface area contributed by atoms with Crippen LogP contribution in [0.3, 0.4) is 0 Å². The molecular weight excluding hydrogens is 272 g/mol. The summed E-state index contributed by atoms with van der Waals surface area (Å²) in [6.45, 7) is 8.31. The molecule has 0 aliphatic carbocycles. The SMILES string of the molecule is CSC[C@@](C)(O)CNC(=O)[C@@H](C(C)C)N1CCCCC1. The van der Waals surface area contributed by atoms with Crippen molar-refractivity contribution in [3.05, 3.63) is 0 Å². The van der Waals surface area contributed by atoms with E-state index in [9.17, 15) is 9.90 Å². The number of amides is 1. The van der Waals surface area contributed by atoms with Crippen molar-refractivity contribution in [3.63, 3.8) is 0 Å². The number of hydrogen-bond donors (Lipinski definition) is 2. The van der Waals surface area contributed by atoms with Gasteiger partial charge in [-0.25, -0.2) is 0 Å². The monoisotopic (exact) mass is 302 g/mol. The van der Waals surface area contributed by atoms with Crippen LogP contribution in [-0.4, -0.2) is 59.2 Å². The highest BCUT2D eigenvalue weighted by Gasteiger charge is 2.31. The van der Waals surface area contributed by atoms with Gasteiger partial charge in [-0.3, -0.25) is 9.69 Å². The van der Waals surface area contributed by atoms with E-state index in [1.165, 1.54) is 19.3 Å². The zero-order valence-corrected chi connectivity index (χ0v) is 14.1. The molecule has 0 aromatic rings. The molecule has 1 rings (SSSR count). The standard InChI is InChI=1S/C15H30N2O2S/c1-12(2)13(17-8-6-5-7-9-17)14(18)16-10-15(3,19)11-20-4/h12-13,19H,5-11H2,1-4H3,(H,16,18)/t13-,15+/m1/s1. The van der Waals surface area contributed by atoms with Crippen LogP contribution in [0.1, 0.15) is 40.0 Å². The lowest BCUT2D eigenvalue weighted by Crippen LogP contribution is -2.54. The Hall–Kier alpha value is -0.260. The van der Waals surface area contributed by atoms with Gasteiger partial charge >= 0.3 is 0 Å². The van der Waals surface area contributed by atoms with Gasteiger partial charge in [-0.2, -0.15) is 11.8 Å². The van der Waals surface area contributed by atoms with Crippen molar-refractivity contribution in [1.29, 1.82) is 0 Å². The molecule has 1 heterocycles. The van der Waals surface area contributed by atoms with Gasteiger partial charge < -0.3 is 10.4 Å². The maximum Gasteiger partial charge on any atom is 0.237 e. The summed E-state index contributed by atoms with van der Waals surface area (Å²) in [5.41, 5.74) is -0.835. The Labute approximate surface area is 127 Å². The van der Waals surface area contributed by atoms with Gasteiger partial charge in [-0.15, -0.1) is 0 Å². The summed E-state index contributed by atoms with van der Waals surface area (Å²) < 4.78 is 0. The van der Waals surface area contributed by atoms with Gasteiger partial charge in [0.05, 0.1) is 11.6 Å². The second-order valence-electron chi connectivity index (χ2n) is 6.43. The number of nitrogens with one attached hydrogen (secondary N) is 1. The average molecular weight is 302 g/mol. The van der Waals surface area contributed by atoms with E-state index < -0.39 is 5.60 Å². The number of thioether (sulfide) groups is 1. The van der Waals surface area contributed by atoms with E-state index in [1.54, 1.807) is 18.7 Å². The van der Waals surface area contributed by atoms with E-state index in [-0.39, 0.29) is 11.9 Å². The first-order chi connectivity index (χ1) is 9.37.